The third kappa shape index (κ3) is 8.13. The van der Waals surface area contributed by atoms with E-state index in [1.165, 1.54) is 12.1 Å². The first-order valence-electron chi connectivity index (χ1n) is 14.7. The van der Waals surface area contributed by atoms with E-state index in [9.17, 15) is 14.0 Å². The van der Waals surface area contributed by atoms with Gasteiger partial charge in [0.25, 0.3) is 5.91 Å². The molecular weight excluding hydrogens is 545 g/mol. The summed E-state index contributed by atoms with van der Waals surface area (Å²) in [6.07, 6.45) is 4.14. The van der Waals surface area contributed by atoms with Crippen LogP contribution in [0.5, 0.6) is 0 Å². The van der Waals surface area contributed by atoms with Crippen molar-refractivity contribution in [2.24, 2.45) is 0 Å². The van der Waals surface area contributed by atoms with Gasteiger partial charge in [-0.2, -0.15) is 5.10 Å². The Kier molecular flexibility index (Phi) is 10.8. The van der Waals surface area contributed by atoms with Crippen molar-refractivity contribution >= 4 is 26.1 Å². The molecule has 0 saturated carbocycles. The number of carbonyl (C=O) groups is 2. The largest absolute Gasteiger partial charge is 0.413 e. The van der Waals surface area contributed by atoms with Crippen LogP contribution in [-0.4, -0.2) is 47.8 Å². The highest BCUT2D eigenvalue weighted by Crippen LogP contribution is 2.38. The Morgan fingerprint density at radius 2 is 1.69 bits per heavy atom. The zero-order valence-electron chi connectivity index (χ0n) is 26.6. The highest BCUT2D eigenvalue weighted by molar-refractivity contribution is 6.74. The average Bonchev–Trinajstić information content (AvgIpc) is 3.31. The van der Waals surface area contributed by atoms with Crippen LogP contribution in [0.25, 0.3) is 11.8 Å². The molecule has 1 heterocycles. The average molecular weight is 592 g/mol. The Hall–Kier alpha value is -3.36. The second kappa shape index (κ2) is 13.7. The lowest BCUT2D eigenvalue weighted by Gasteiger charge is -2.39. The zero-order valence-corrected chi connectivity index (χ0v) is 27.6. The van der Waals surface area contributed by atoms with Gasteiger partial charge in [0, 0.05) is 25.6 Å². The number of hydrogen-bond donors (Lipinski definition) is 0. The van der Waals surface area contributed by atoms with Gasteiger partial charge in [0.15, 0.2) is 19.8 Å². The minimum atomic E-state index is -2.04. The molecule has 0 fully saturated rings. The summed E-state index contributed by atoms with van der Waals surface area (Å²) < 4.78 is 22.0. The van der Waals surface area contributed by atoms with E-state index in [1.54, 1.807) is 40.9 Å². The van der Waals surface area contributed by atoms with Crippen LogP contribution >= 0.6 is 0 Å². The minimum Gasteiger partial charge on any atom is -0.413 e. The van der Waals surface area contributed by atoms with Gasteiger partial charge in [0.05, 0.1) is 17.5 Å². The summed E-state index contributed by atoms with van der Waals surface area (Å²) in [5.74, 6) is -0.716. The summed E-state index contributed by atoms with van der Waals surface area (Å²) in [5.41, 5.74) is 3.28. The smallest absolute Gasteiger partial charge is 0.274 e. The molecule has 0 aliphatic heterocycles. The van der Waals surface area contributed by atoms with E-state index >= 15 is 0 Å². The van der Waals surface area contributed by atoms with Crippen molar-refractivity contribution in [2.45, 2.75) is 91.1 Å². The van der Waals surface area contributed by atoms with Gasteiger partial charge in [-0.1, -0.05) is 71.9 Å². The summed E-state index contributed by atoms with van der Waals surface area (Å²) in [4.78, 5) is 28.6. The van der Waals surface area contributed by atoms with E-state index in [2.05, 4.69) is 33.9 Å². The number of aromatic nitrogens is 2. The number of allylic oxidation sites excluding steroid dienone is 1. The van der Waals surface area contributed by atoms with Crippen LogP contribution in [0, 0.1) is 5.82 Å². The quantitative estimate of drug-likeness (QED) is 0.157. The first-order valence-corrected chi connectivity index (χ1v) is 17.6. The number of amides is 1. The van der Waals surface area contributed by atoms with E-state index in [1.807, 2.05) is 51.1 Å². The molecular formula is C34H46FN3O3Si. The van der Waals surface area contributed by atoms with Crippen molar-refractivity contribution in [3.05, 3.63) is 89.0 Å². The molecule has 8 heteroatoms. The van der Waals surface area contributed by atoms with Crippen LogP contribution < -0.4 is 0 Å². The van der Waals surface area contributed by atoms with E-state index in [4.69, 9.17) is 9.52 Å². The Balaban J connectivity index is 1.99. The predicted octanol–water partition coefficient (Wildman–Crippen LogP) is 8.18. The SMILES string of the molecule is CC[C@@H](CC(=O)/C=C/c1c(C(C)C)c(C(=O)N(C)Cc2ccccc2)nn1-c1ccc(F)cc1)O[Si](C)(C)C(C)(C)C. The van der Waals surface area contributed by atoms with Gasteiger partial charge in [-0.15, -0.1) is 0 Å². The lowest BCUT2D eigenvalue weighted by Crippen LogP contribution is -2.44. The van der Waals surface area contributed by atoms with E-state index < -0.39 is 8.32 Å². The third-order valence-corrected chi connectivity index (χ3v) is 12.5. The molecule has 2 aromatic carbocycles. The van der Waals surface area contributed by atoms with Crippen molar-refractivity contribution < 1.29 is 18.4 Å². The second-order valence-corrected chi connectivity index (χ2v) is 17.5. The van der Waals surface area contributed by atoms with E-state index in [0.29, 0.717) is 23.6 Å². The van der Waals surface area contributed by atoms with Gasteiger partial charge in [0.2, 0.25) is 0 Å². The first-order chi connectivity index (χ1) is 19.6. The highest BCUT2D eigenvalue weighted by atomic mass is 28.4. The summed E-state index contributed by atoms with van der Waals surface area (Å²) in [6, 6.07) is 15.7. The molecule has 6 nitrogen and oxygen atoms in total. The minimum absolute atomic E-state index is 0.0454. The molecule has 3 aromatic rings. The van der Waals surface area contributed by atoms with Crippen LogP contribution in [0.3, 0.4) is 0 Å². The van der Waals surface area contributed by atoms with Crippen LogP contribution in [0.2, 0.25) is 18.1 Å². The van der Waals surface area contributed by atoms with Crippen LogP contribution in [0.4, 0.5) is 4.39 Å². The fourth-order valence-electron chi connectivity index (χ4n) is 4.55. The second-order valence-electron chi connectivity index (χ2n) is 12.7. The number of carbonyl (C=O) groups excluding carboxylic acids is 2. The van der Waals surface area contributed by atoms with Crippen molar-refractivity contribution in [3.63, 3.8) is 0 Å². The normalized spacial score (nSPS) is 13.1. The summed E-state index contributed by atoms with van der Waals surface area (Å²) in [6.45, 7) is 17.4. The molecule has 0 aliphatic rings. The maximum atomic E-state index is 13.8. The Morgan fingerprint density at radius 3 is 2.24 bits per heavy atom. The van der Waals surface area contributed by atoms with Crippen molar-refractivity contribution in [3.8, 4) is 5.69 Å². The van der Waals surface area contributed by atoms with Crippen LogP contribution in [-0.2, 0) is 15.8 Å². The van der Waals surface area contributed by atoms with Gasteiger partial charge in [0.1, 0.15) is 5.82 Å². The molecule has 3 rings (SSSR count). The zero-order chi connectivity index (χ0) is 31.2. The summed E-state index contributed by atoms with van der Waals surface area (Å²) >= 11 is 0. The number of rotatable bonds is 12. The summed E-state index contributed by atoms with van der Waals surface area (Å²) in [7, 11) is -0.283. The fraction of sp³-hybridized carbons (Fsp3) is 0.441. The van der Waals surface area contributed by atoms with Gasteiger partial charge in [-0.3, -0.25) is 9.59 Å². The highest BCUT2D eigenvalue weighted by Gasteiger charge is 2.39. The van der Waals surface area contributed by atoms with E-state index in [-0.39, 0.29) is 41.0 Å². The van der Waals surface area contributed by atoms with Crippen molar-refractivity contribution in [1.29, 1.82) is 0 Å². The molecule has 1 atom stereocenters. The molecule has 0 unspecified atom stereocenters. The van der Waals surface area contributed by atoms with Gasteiger partial charge in [-0.25, -0.2) is 9.07 Å². The summed E-state index contributed by atoms with van der Waals surface area (Å²) in [5, 5.41) is 4.79. The maximum Gasteiger partial charge on any atom is 0.274 e. The molecule has 1 aromatic heterocycles. The molecule has 0 bridgehead atoms. The Bertz CT molecular complexity index is 1390. The van der Waals surface area contributed by atoms with Crippen molar-refractivity contribution in [1.82, 2.24) is 14.7 Å². The lowest BCUT2D eigenvalue weighted by atomic mass is 9.98. The van der Waals surface area contributed by atoms with Gasteiger partial charge < -0.3 is 9.33 Å². The standard InChI is InChI=1S/C34H46FN3O3Si/c1-10-29(41-42(8,9)34(4,5)6)22-28(39)20-21-30-31(24(2)3)32(36-38(30)27-18-16-26(35)17-19-27)33(40)37(7)23-25-14-12-11-13-15-25/h11-21,24,29H,10,22-23H2,1-9H3/b21-20+/t29-/m0/s1. The van der Waals surface area contributed by atoms with Crippen LogP contribution in [0.1, 0.15) is 87.6 Å². The van der Waals surface area contributed by atoms with Gasteiger partial charge >= 0.3 is 0 Å². The topological polar surface area (TPSA) is 64.4 Å². The fourth-order valence-corrected chi connectivity index (χ4v) is 5.98. The monoisotopic (exact) mass is 591 g/mol. The van der Waals surface area contributed by atoms with Crippen LogP contribution in [0.15, 0.2) is 60.7 Å². The lowest BCUT2D eigenvalue weighted by molar-refractivity contribution is -0.116. The van der Waals surface area contributed by atoms with E-state index in [0.717, 1.165) is 17.5 Å². The molecule has 1 amide bonds. The molecule has 0 spiro atoms. The molecule has 42 heavy (non-hydrogen) atoms. The van der Waals surface area contributed by atoms with Crippen molar-refractivity contribution in [2.75, 3.05) is 7.05 Å². The predicted molar refractivity (Wildman–Crippen MR) is 171 cm³/mol. The molecule has 226 valence electrons. The number of ketones is 1. The molecule has 0 N–H and O–H groups in total. The first kappa shape index (κ1) is 33.1. The third-order valence-electron chi connectivity index (χ3n) is 8.00. The molecule has 0 saturated heterocycles. The number of benzene rings is 2. The Labute approximate surface area is 251 Å². The number of nitrogens with zero attached hydrogens (tertiary/aromatic N) is 3. The Morgan fingerprint density at radius 1 is 1.07 bits per heavy atom. The number of halogens is 1. The molecule has 0 aliphatic carbocycles. The van der Waals surface area contributed by atoms with Gasteiger partial charge in [-0.05, 0) is 72.5 Å². The molecule has 0 radical (unpaired) electrons. The maximum absolute atomic E-state index is 13.8. The number of hydrogen-bond acceptors (Lipinski definition) is 4.